The van der Waals surface area contributed by atoms with Crippen LogP contribution in [0.5, 0.6) is 0 Å². The second-order valence-electron chi connectivity index (χ2n) is 5.18. The van der Waals surface area contributed by atoms with E-state index in [1.807, 2.05) is 18.5 Å². The number of aromatic nitrogens is 4. The molecule has 1 saturated heterocycles. The third kappa shape index (κ3) is 2.96. The van der Waals surface area contributed by atoms with E-state index < -0.39 is 0 Å². The van der Waals surface area contributed by atoms with Crippen LogP contribution in [0.15, 0.2) is 6.20 Å². The maximum absolute atomic E-state index is 12.3. The van der Waals surface area contributed by atoms with Crippen LogP contribution >= 0.6 is 11.3 Å². The monoisotopic (exact) mass is 306 g/mol. The molecule has 1 amide bonds. The minimum Gasteiger partial charge on any atom is -0.317 e. The molecular weight excluding hydrogens is 288 g/mol. The quantitative estimate of drug-likeness (QED) is 0.898. The van der Waals surface area contributed by atoms with Gasteiger partial charge in [0.05, 0.1) is 11.7 Å². The summed E-state index contributed by atoms with van der Waals surface area (Å²) in [6, 6.07) is 0.322. The minimum atomic E-state index is -0.248. The van der Waals surface area contributed by atoms with E-state index in [1.165, 1.54) is 11.3 Å². The molecule has 0 bridgehead atoms. The number of amides is 1. The van der Waals surface area contributed by atoms with Crippen molar-refractivity contribution in [3.05, 3.63) is 22.5 Å². The van der Waals surface area contributed by atoms with E-state index in [0.29, 0.717) is 16.9 Å². The second-order valence-corrected chi connectivity index (χ2v) is 6.41. The van der Waals surface area contributed by atoms with Crippen molar-refractivity contribution in [1.82, 2.24) is 25.3 Å². The Balaban J connectivity index is 1.76. The lowest BCUT2D eigenvalue weighted by atomic mass is 10.1. The Morgan fingerprint density at radius 2 is 2.19 bits per heavy atom. The molecule has 7 nitrogen and oxygen atoms in total. The van der Waals surface area contributed by atoms with Gasteiger partial charge in [0.25, 0.3) is 5.91 Å². The van der Waals surface area contributed by atoms with Crippen LogP contribution in [0.4, 0.5) is 5.13 Å². The van der Waals surface area contributed by atoms with Crippen LogP contribution in [-0.4, -0.2) is 39.0 Å². The lowest BCUT2D eigenvalue weighted by Gasteiger charge is -2.23. The van der Waals surface area contributed by atoms with Crippen molar-refractivity contribution in [3.63, 3.8) is 0 Å². The van der Waals surface area contributed by atoms with E-state index in [0.717, 1.165) is 36.5 Å². The molecule has 21 heavy (non-hydrogen) atoms. The maximum atomic E-state index is 12.3. The van der Waals surface area contributed by atoms with Gasteiger partial charge < -0.3 is 5.32 Å². The van der Waals surface area contributed by atoms with Gasteiger partial charge in [-0.3, -0.25) is 10.1 Å². The zero-order chi connectivity index (χ0) is 14.8. The summed E-state index contributed by atoms with van der Waals surface area (Å²) in [5, 5.41) is 14.9. The van der Waals surface area contributed by atoms with Gasteiger partial charge in [0.2, 0.25) is 0 Å². The summed E-state index contributed by atoms with van der Waals surface area (Å²) in [6.45, 7) is 5.80. The smallest absolute Gasteiger partial charge is 0.279 e. The van der Waals surface area contributed by atoms with E-state index in [2.05, 4.69) is 25.9 Å². The van der Waals surface area contributed by atoms with Gasteiger partial charge in [-0.2, -0.15) is 0 Å². The van der Waals surface area contributed by atoms with Crippen molar-refractivity contribution in [3.8, 4) is 0 Å². The molecule has 0 aliphatic carbocycles. The van der Waals surface area contributed by atoms with Crippen LogP contribution in [-0.2, 0) is 0 Å². The first-order valence-corrected chi connectivity index (χ1v) is 7.83. The molecule has 3 rings (SSSR count). The topological polar surface area (TPSA) is 84.7 Å². The summed E-state index contributed by atoms with van der Waals surface area (Å²) < 4.78 is 1.88. The van der Waals surface area contributed by atoms with Gasteiger partial charge in [-0.15, -0.1) is 16.4 Å². The van der Waals surface area contributed by atoms with E-state index >= 15 is 0 Å². The summed E-state index contributed by atoms with van der Waals surface area (Å²) >= 11 is 1.45. The summed E-state index contributed by atoms with van der Waals surface area (Å²) in [4.78, 5) is 17.5. The van der Waals surface area contributed by atoms with Crippen LogP contribution in [0.25, 0.3) is 0 Å². The molecule has 1 fully saturated rings. The van der Waals surface area contributed by atoms with E-state index in [1.54, 1.807) is 6.20 Å². The third-order valence-corrected chi connectivity index (χ3v) is 4.47. The Morgan fingerprint density at radius 3 is 2.86 bits per heavy atom. The second kappa shape index (κ2) is 5.90. The molecule has 0 radical (unpaired) electrons. The number of nitrogens with zero attached hydrogens (tertiary/aromatic N) is 4. The highest BCUT2D eigenvalue weighted by atomic mass is 32.1. The normalized spacial score (nSPS) is 16.1. The number of nitrogens with one attached hydrogen (secondary N) is 2. The van der Waals surface area contributed by atoms with E-state index in [4.69, 9.17) is 0 Å². The maximum Gasteiger partial charge on any atom is 0.279 e. The van der Waals surface area contributed by atoms with Crippen molar-refractivity contribution >= 4 is 22.4 Å². The van der Waals surface area contributed by atoms with Crippen molar-refractivity contribution < 1.29 is 4.79 Å². The number of carbonyl (C=O) groups is 1. The molecule has 0 atom stereocenters. The highest BCUT2D eigenvalue weighted by Gasteiger charge is 2.23. The van der Waals surface area contributed by atoms with E-state index in [9.17, 15) is 4.79 Å². The van der Waals surface area contributed by atoms with Crippen molar-refractivity contribution in [2.75, 3.05) is 18.4 Å². The molecule has 1 aliphatic rings. The van der Waals surface area contributed by atoms with Gasteiger partial charge in [0.15, 0.2) is 10.8 Å². The number of carbonyl (C=O) groups excluding carboxylic acids is 1. The number of aryl methyl sites for hydroxylation is 1. The Bertz CT molecular complexity index is 643. The van der Waals surface area contributed by atoms with Crippen LogP contribution in [0, 0.1) is 13.8 Å². The SMILES string of the molecule is Cc1cnc(NC(=O)c2nnn(C3CCNCC3)c2C)s1. The first kappa shape index (κ1) is 14.2. The van der Waals surface area contributed by atoms with Crippen molar-refractivity contribution in [2.24, 2.45) is 0 Å². The summed E-state index contributed by atoms with van der Waals surface area (Å²) in [7, 11) is 0. The standard InChI is InChI=1S/C13H18N6OS/c1-8-7-15-13(21-8)16-12(20)11-9(2)19(18-17-11)10-3-5-14-6-4-10/h7,10,14H,3-6H2,1-2H3,(H,15,16,20). The number of hydrogen-bond acceptors (Lipinski definition) is 6. The first-order valence-electron chi connectivity index (χ1n) is 7.01. The largest absolute Gasteiger partial charge is 0.317 e. The Hall–Kier alpha value is -1.80. The predicted octanol–water partition coefficient (Wildman–Crippen LogP) is 1.53. The van der Waals surface area contributed by atoms with Gasteiger partial charge in [0, 0.05) is 11.1 Å². The Kier molecular flexibility index (Phi) is 3.98. The zero-order valence-electron chi connectivity index (χ0n) is 12.1. The van der Waals surface area contributed by atoms with Crippen LogP contribution < -0.4 is 10.6 Å². The minimum absolute atomic E-state index is 0.248. The number of rotatable bonds is 3. The molecule has 2 N–H and O–H groups in total. The number of hydrogen-bond donors (Lipinski definition) is 2. The molecule has 8 heteroatoms. The highest BCUT2D eigenvalue weighted by Crippen LogP contribution is 2.21. The lowest BCUT2D eigenvalue weighted by molar-refractivity contribution is 0.102. The average molecular weight is 306 g/mol. The molecule has 0 spiro atoms. The molecule has 3 heterocycles. The van der Waals surface area contributed by atoms with Crippen molar-refractivity contribution in [1.29, 1.82) is 0 Å². The average Bonchev–Trinajstić information content (AvgIpc) is 3.06. The fourth-order valence-corrected chi connectivity index (χ4v) is 3.18. The fourth-order valence-electron chi connectivity index (χ4n) is 2.52. The predicted molar refractivity (Wildman–Crippen MR) is 80.7 cm³/mol. The third-order valence-electron chi connectivity index (χ3n) is 3.64. The van der Waals surface area contributed by atoms with Crippen LogP contribution in [0.2, 0.25) is 0 Å². The van der Waals surface area contributed by atoms with Gasteiger partial charge in [-0.1, -0.05) is 5.21 Å². The molecule has 112 valence electrons. The molecule has 2 aromatic heterocycles. The molecule has 2 aromatic rings. The van der Waals surface area contributed by atoms with Crippen LogP contribution in [0.1, 0.15) is 39.9 Å². The molecule has 0 unspecified atom stereocenters. The molecule has 0 aromatic carbocycles. The van der Waals surface area contributed by atoms with Gasteiger partial charge >= 0.3 is 0 Å². The Labute approximate surface area is 126 Å². The van der Waals surface area contributed by atoms with Gasteiger partial charge in [-0.25, -0.2) is 9.67 Å². The first-order chi connectivity index (χ1) is 10.1. The molecular formula is C13H18N6OS. The lowest BCUT2D eigenvalue weighted by Crippen LogP contribution is -2.30. The van der Waals surface area contributed by atoms with E-state index in [-0.39, 0.29) is 5.91 Å². The summed E-state index contributed by atoms with van der Waals surface area (Å²) in [5.74, 6) is -0.248. The fraction of sp³-hybridized carbons (Fsp3) is 0.538. The Morgan fingerprint density at radius 1 is 1.43 bits per heavy atom. The summed E-state index contributed by atoms with van der Waals surface area (Å²) in [6.07, 6.45) is 3.76. The number of anilines is 1. The van der Waals surface area contributed by atoms with Gasteiger partial charge in [-0.05, 0) is 39.8 Å². The van der Waals surface area contributed by atoms with Crippen molar-refractivity contribution in [2.45, 2.75) is 32.7 Å². The zero-order valence-corrected chi connectivity index (χ0v) is 12.9. The van der Waals surface area contributed by atoms with Gasteiger partial charge in [0.1, 0.15) is 0 Å². The molecule has 1 aliphatic heterocycles. The number of piperidine rings is 1. The number of thiazole rings is 1. The van der Waals surface area contributed by atoms with Crippen LogP contribution in [0.3, 0.4) is 0 Å². The highest BCUT2D eigenvalue weighted by molar-refractivity contribution is 7.15. The molecule has 0 saturated carbocycles. The summed E-state index contributed by atoms with van der Waals surface area (Å²) in [5.41, 5.74) is 1.19.